The number of aliphatic carboxylic acids is 1. The van der Waals surface area contributed by atoms with Crippen LogP contribution in [0.3, 0.4) is 0 Å². The standard InChI is InChI=1S/C17H27NO2/c1-6-12(2)15(16(19)20)18-11-13-7-9-14(10-8-13)17(3,4)5/h7-10,12,15,18H,6,11H2,1-5H3,(H,19,20). The van der Waals surface area contributed by atoms with E-state index < -0.39 is 12.0 Å². The van der Waals surface area contributed by atoms with Gasteiger partial charge in [0.15, 0.2) is 0 Å². The van der Waals surface area contributed by atoms with Crippen molar-refractivity contribution in [2.75, 3.05) is 0 Å². The topological polar surface area (TPSA) is 49.3 Å². The van der Waals surface area contributed by atoms with Crippen molar-refractivity contribution in [1.82, 2.24) is 5.32 Å². The zero-order chi connectivity index (χ0) is 15.3. The normalized spacial score (nSPS) is 14.8. The molecule has 1 aromatic carbocycles. The monoisotopic (exact) mass is 277 g/mol. The van der Waals surface area contributed by atoms with E-state index in [4.69, 9.17) is 0 Å². The fraction of sp³-hybridized carbons (Fsp3) is 0.588. The van der Waals surface area contributed by atoms with Crippen molar-refractivity contribution in [2.24, 2.45) is 5.92 Å². The molecule has 20 heavy (non-hydrogen) atoms. The van der Waals surface area contributed by atoms with Crippen LogP contribution in [0.1, 0.15) is 52.2 Å². The fourth-order valence-electron chi connectivity index (χ4n) is 2.12. The molecule has 1 rings (SSSR count). The molecule has 0 aliphatic carbocycles. The number of rotatable bonds is 6. The predicted octanol–water partition coefficient (Wildman–Crippen LogP) is 3.57. The molecule has 2 unspecified atom stereocenters. The number of carbonyl (C=O) groups is 1. The van der Waals surface area contributed by atoms with Gasteiger partial charge in [0.1, 0.15) is 6.04 Å². The van der Waals surface area contributed by atoms with E-state index in [2.05, 4.69) is 50.4 Å². The molecule has 0 aliphatic heterocycles. The van der Waals surface area contributed by atoms with Crippen LogP contribution >= 0.6 is 0 Å². The summed E-state index contributed by atoms with van der Waals surface area (Å²) in [4.78, 5) is 11.2. The molecule has 2 N–H and O–H groups in total. The number of hydrogen-bond donors (Lipinski definition) is 2. The predicted molar refractivity (Wildman–Crippen MR) is 82.9 cm³/mol. The van der Waals surface area contributed by atoms with Gasteiger partial charge < -0.3 is 10.4 Å². The van der Waals surface area contributed by atoms with Crippen LogP contribution in [0.5, 0.6) is 0 Å². The number of carboxylic acid groups (broad SMARTS) is 1. The van der Waals surface area contributed by atoms with E-state index in [0.29, 0.717) is 6.54 Å². The lowest BCUT2D eigenvalue weighted by Gasteiger charge is -2.21. The van der Waals surface area contributed by atoms with Crippen molar-refractivity contribution in [1.29, 1.82) is 0 Å². The average Bonchev–Trinajstić information content (AvgIpc) is 2.37. The zero-order valence-corrected chi connectivity index (χ0v) is 13.2. The first-order chi connectivity index (χ1) is 9.25. The molecule has 0 saturated carbocycles. The van der Waals surface area contributed by atoms with Crippen LogP contribution < -0.4 is 5.32 Å². The first kappa shape index (κ1) is 16.7. The summed E-state index contributed by atoms with van der Waals surface area (Å²) in [6.07, 6.45) is 0.854. The molecule has 0 saturated heterocycles. The smallest absolute Gasteiger partial charge is 0.320 e. The summed E-state index contributed by atoms with van der Waals surface area (Å²) in [6.45, 7) is 11.1. The van der Waals surface area contributed by atoms with Gasteiger partial charge in [-0.3, -0.25) is 4.79 Å². The Morgan fingerprint density at radius 2 is 1.80 bits per heavy atom. The Balaban J connectivity index is 2.67. The lowest BCUT2D eigenvalue weighted by Crippen LogP contribution is -2.41. The summed E-state index contributed by atoms with van der Waals surface area (Å²) in [5.41, 5.74) is 2.55. The Morgan fingerprint density at radius 3 is 2.20 bits per heavy atom. The Bertz CT molecular complexity index is 431. The Morgan fingerprint density at radius 1 is 1.25 bits per heavy atom. The molecule has 0 spiro atoms. The van der Waals surface area contributed by atoms with Gasteiger partial charge >= 0.3 is 5.97 Å². The first-order valence-electron chi connectivity index (χ1n) is 7.31. The summed E-state index contributed by atoms with van der Waals surface area (Å²) in [7, 11) is 0. The van der Waals surface area contributed by atoms with Crippen molar-refractivity contribution < 1.29 is 9.90 Å². The molecule has 1 aromatic rings. The second-order valence-electron chi connectivity index (χ2n) is 6.53. The van der Waals surface area contributed by atoms with E-state index in [0.717, 1.165) is 12.0 Å². The van der Waals surface area contributed by atoms with Gasteiger partial charge in [0, 0.05) is 6.54 Å². The molecule has 0 aliphatic rings. The minimum Gasteiger partial charge on any atom is -0.480 e. The van der Waals surface area contributed by atoms with Crippen LogP contribution in [0.4, 0.5) is 0 Å². The second-order valence-corrected chi connectivity index (χ2v) is 6.53. The summed E-state index contributed by atoms with van der Waals surface area (Å²) in [5.74, 6) is -0.646. The molecule has 3 heteroatoms. The van der Waals surface area contributed by atoms with Gasteiger partial charge in [-0.15, -0.1) is 0 Å². The highest BCUT2D eigenvalue weighted by atomic mass is 16.4. The third-order valence-corrected chi connectivity index (χ3v) is 3.83. The Kier molecular flexibility index (Phi) is 5.75. The largest absolute Gasteiger partial charge is 0.480 e. The van der Waals surface area contributed by atoms with Gasteiger partial charge in [-0.2, -0.15) is 0 Å². The zero-order valence-electron chi connectivity index (χ0n) is 13.2. The average molecular weight is 277 g/mol. The molecule has 112 valence electrons. The van der Waals surface area contributed by atoms with Crippen LogP contribution in [0, 0.1) is 5.92 Å². The highest BCUT2D eigenvalue weighted by molar-refractivity contribution is 5.73. The van der Waals surface area contributed by atoms with Gasteiger partial charge in [0.05, 0.1) is 0 Å². The van der Waals surface area contributed by atoms with Crippen molar-refractivity contribution in [3.8, 4) is 0 Å². The minimum atomic E-state index is -0.773. The fourth-order valence-corrected chi connectivity index (χ4v) is 2.12. The van der Waals surface area contributed by atoms with Gasteiger partial charge in [-0.1, -0.05) is 65.3 Å². The Labute approximate surface area is 122 Å². The highest BCUT2D eigenvalue weighted by Crippen LogP contribution is 2.22. The van der Waals surface area contributed by atoms with Gasteiger partial charge in [0.25, 0.3) is 0 Å². The molecular weight excluding hydrogens is 250 g/mol. The van der Waals surface area contributed by atoms with Crippen molar-refractivity contribution in [2.45, 2.75) is 59.0 Å². The van der Waals surface area contributed by atoms with E-state index in [1.807, 2.05) is 13.8 Å². The number of benzene rings is 1. The highest BCUT2D eigenvalue weighted by Gasteiger charge is 2.22. The summed E-state index contributed by atoms with van der Waals surface area (Å²) >= 11 is 0. The minimum absolute atomic E-state index is 0.126. The summed E-state index contributed by atoms with van der Waals surface area (Å²) in [6, 6.07) is 7.90. The molecule has 2 atom stereocenters. The lowest BCUT2D eigenvalue weighted by molar-refractivity contribution is -0.140. The maximum atomic E-state index is 11.2. The van der Waals surface area contributed by atoms with E-state index in [1.54, 1.807) is 0 Å². The molecule has 0 bridgehead atoms. The number of carboxylic acids is 1. The quantitative estimate of drug-likeness (QED) is 0.835. The molecule has 0 amide bonds. The van der Waals surface area contributed by atoms with Gasteiger partial charge in [-0.25, -0.2) is 0 Å². The van der Waals surface area contributed by atoms with Crippen LogP contribution in [0.25, 0.3) is 0 Å². The molecule has 0 fully saturated rings. The van der Waals surface area contributed by atoms with Crippen molar-refractivity contribution >= 4 is 5.97 Å². The van der Waals surface area contributed by atoms with E-state index in [1.165, 1.54) is 5.56 Å². The first-order valence-corrected chi connectivity index (χ1v) is 7.31. The van der Waals surface area contributed by atoms with Crippen LogP contribution in [0.2, 0.25) is 0 Å². The number of nitrogens with one attached hydrogen (secondary N) is 1. The van der Waals surface area contributed by atoms with Crippen molar-refractivity contribution in [3.63, 3.8) is 0 Å². The summed E-state index contributed by atoms with van der Waals surface area (Å²) in [5, 5.41) is 12.4. The van der Waals surface area contributed by atoms with Crippen LogP contribution in [-0.2, 0) is 16.8 Å². The van der Waals surface area contributed by atoms with Crippen molar-refractivity contribution in [3.05, 3.63) is 35.4 Å². The SMILES string of the molecule is CCC(C)C(NCc1ccc(C(C)(C)C)cc1)C(=O)O. The van der Waals surface area contributed by atoms with Gasteiger partial charge in [0.2, 0.25) is 0 Å². The van der Waals surface area contributed by atoms with Crippen LogP contribution in [0.15, 0.2) is 24.3 Å². The molecule has 0 radical (unpaired) electrons. The molecule has 0 aromatic heterocycles. The molecular formula is C17H27NO2. The van der Waals surface area contributed by atoms with E-state index >= 15 is 0 Å². The third kappa shape index (κ3) is 4.64. The molecule has 0 heterocycles. The number of hydrogen-bond acceptors (Lipinski definition) is 2. The lowest BCUT2D eigenvalue weighted by atomic mass is 9.87. The maximum absolute atomic E-state index is 11.2. The maximum Gasteiger partial charge on any atom is 0.320 e. The van der Waals surface area contributed by atoms with Gasteiger partial charge in [-0.05, 0) is 22.5 Å². The van der Waals surface area contributed by atoms with E-state index in [9.17, 15) is 9.90 Å². The van der Waals surface area contributed by atoms with Crippen LogP contribution in [-0.4, -0.2) is 17.1 Å². The third-order valence-electron chi connectivity index (χ3n) is 3.83. The summed E-state index contributed by atoms with van der Waals surface area (Å²) < 4.78 is 0. The molecule has 3 nitrogen and oxygen atoms in total. The Hall–Kier alpha value is -1.35. The van der Waals surface area contributed by atoms with E-state index in [-0.39, 0.29) is 11.3 Å². The second kappa shape index (κ2) is 6.89.